The zero-order valence-corrected chi connectivity index (χ0v) is 21.4. The van der Waals surface area contributed by atoms with Gasteiger partial charge in [-0.2, -0.15) is 0 Å². The summed E-state index contributed by atoms with van der Waals surface area (Å²) in [6.07, 6.45) is 1.64. The molecule has 7 nitrogen and oxygen atoms in total. The van der Waals surface area contributed by atoms with E-state index in [1.807, 2.05) is 60.8 Å². The number of carbonyl (C=O) groups excluding carboxylic acids is 2. The molecule has 3 atom stereocenters. The maximum absolute atomic E-state index is 13.2. The van der Waals surface area contributed by atoms with Crippen molar-refractivity contribution in [3.05, 3.63) is 94.2 Å². The Labute approximate surface area is 213 Å². The number of Topliss-reactive ketones (excluding diaryl/α,β-unsaturated/α-hetero) is 1. The molecule has 8 heteroatoms. The first-order chi connectivity index (χ1) is 16.8. The van der Waals surface area contributed by atoms with Crippen LogP contribution in [0.15, 0.2) is 77.4 Å². The first kappa shape index (κ1) is 25.0. The molecule has 0 N–H and O–H groups in total. The standard InChI is InChI=1S/C27H28BrN3O4/c1-18-19(2)35-24(27(3,25(18)32)26(33)34-17-21-7-5-4-6-8-21)14-13-23-16-31(30-29-23)15-20-9-11-22(28)12-10-20/h4-12,16,19,24H,1,13-15,17H2,2-3H3/t19-,24+,27+/m0/s1. The molecule has 35 heavy (non-hydrogen) atoms. The Bertz CT molecular complexity index is 1210. The highest BCUT2D eigenvalue weighted by Gasteiger charge is 2.54. The molecule has 0 saturated carbocycles. The van der Waals surface area contributed by atoms with Crippen LogP contribution in [0.4, 0.5) is 0 Å². The molecule has 2 aromatic carbocycles. The fourth-order valence-corrected chi connectivity index (χ4v) is 4.43. The topological polar surface area (TPSA) is 83.3 Å². The van der Waals surface area contributed by atoms with Crippen molar-refractivity contribution >= 4 is 27.7 Å². The van der Waals surface area contributed by atoms with Crippen molar-refractivity contribution in [1.82, 2.24) is 15.0 Å². The molecule has 0 amide bonds. The predicted octanol–water partition coefficient (Wildman–Crippen LogP) is 4.68. The summed E-state index contributed by atoms with van der Waals surface area (Å²) in [5.74, 6) is -0.943. The number of ether oxygens (including phenoxy) is 2. The van der Waals surface area contributed by atoms with Gasteiger partial charge in [-0.15, -0.1) is 5.10 Å². The lowest BCUT2D eigenvalue weighted by Gasteiger charge is -2.41. The van der Waals surface area contributed by atoms with Gasteiger partial charge in [-0.05, 0) is 49.9 Å². The van der Waals surface area contributed by atoms with Crippen LogP contribution < -0.4 is 0 Å². The molecule has 1 aliphatic rings. The first-order valence-electron chi connectivity index (χ1n) is 11.5. The Kier molecular flexibility index (Phi) is 7.62. The van der Waals surface area contributed by atoms with Gasteiger partial charge in [0.2, 0.25) is 0 Å². The number of aromatic nitrogens is 3. The van der Waals surface area contributed by atoms with Gasteiger partial charge in [0, 0.05) is 16.2 Å². The van der Waals surface area contributed by atoms with Gasteiger partial charge in [0.05, 0.1) is 24.4 Å². The van der Waals surface area contributed by atoms with E-state index in [9.17, 15) is 9.59 Å². The van der Waals surface area contributed by atoms with E-state index in [1.165, 1.54) is 0 Å². The molecule has 0 unspecified atom stereocenters. The minimum atomic E-state index is -1.48. The second-order valence-electron chi connectivity index (χ2n) is 8.96. The summed E-state index contributed by atoms with van der Waals surface area (Å²) < 4.78 is 14.5. The molecule has 1 fully saturated rings. The summed E-state index contributed by atoms with van der Waals surface area (Å²) in [7, 11) is 0. The van der Waals surface area contributed by atoms with Gasteiger partial charge >= 0.3 is 5.97 Å². The molecule has 0 aliphatic carbocycles. The predicted molar refractivity (Wildman–Crippen MR) is 134 cm³/mol. The van der Waals surface area contributed by atoms with Crippen LogP contribution in [0.3, 0.4) is 0 Å². The minimum absolute atomic E-state index is 0.0850. The van der Waals surface area contributed by atoms with Gasteiger partial charge in [-0.25, -0.2) is 4.68 Å². The Balaban J connectivity index is 1.44. The Hall–Kier alpha value is -3.10. The number of hydrogen-bond donors (Lipinski definition) is 0. The smallest absolute Gasteiger partial charge is 0.322 e. The number of benzene rings is 2. The molecular formula is C27H28BrN3O4. The monoisotopic (exact) mass is 537 g/mol. The Morgan fingerprint density at radius 2 is 1.89 bits per heavy atom. The van der Waals surface area contributed by atoms with Gasteiger partial charge < -0.3 is 9.47 Å². The van der Waals surface area contributed by atoms with E-state index in [4.69, 9.17) is 9.47 Å². The van der Waals surface area contributed by atoms with Crippen LogP contribution in [0, 0.1) is 5.41 Å². The lowest BCUT2D eigenvalue weighted by Crippen LogP contribution is -2.55. The fourth-order valence-electron chi connectivity index (χ4n) is 4.17. The molecule has 1 aliphatic heterocycles. The first-order valence-corrected chi connectivity index (χ1v) is 12.3. The third-order valence-electron chi connectivity index (χ3n) is 6.41. The van der Waals surface area contributed by atoms with Crippen LogP contribution in [0.5, 0.6) is 0 Å². The molecule has 0 radical (unpaired) electrons. The molecule has 0 spiro atoms. The van der Waals surface area contributed by atoms with Crippen molar-refractivity contribution < 1.29 is 19.1 Å². The third-order valence-corrected chi connectivity index (χ3v) is 6.94. The Morgan fingerprint density at radius 1 is 1.17 bits per heavy atom. The van der Waals surface area contributed by atoms with E-state index in [0.29, 0.717) is 19.4 Å². The van der Waals surface area contributed by atoms with E-state index in [-0.39, 0.29) is 18.0 Å². The van der Waals surface area contributed by atoms with Crippen molar-refractivity contribution in [2.24, 2.45) is 5.41 Å². The minimum Gasteiger partial charge on any atom is -0.460 e. The van der Waals surface area contributed by atoms with Gasteiger partial charge in [-0.3, -0.25) is 9.59 Å². The molecule has 3 aromatic rings. The summed E-state index contributed by atoms with van der Waals surface area (Å²) in [6, 6.07) is 17.4. The van der Waals surface area contributed by atoms with Crippen molar-refractivity contribution in [2.45, 2.75) is 52.0 Å². The summed E-state index contributed by atoms with van der Waals surface area (Å²) in [4.78, 5) is 26.5. The van der Waals surface area contributed by atoms with Gasteiger partial charge in [-0.1, -0.05) is 70.2 Å². The van der Waals surface area contributed by atoms with Crippen LogP contribution in [-0.2, 0) is 38.6 Å². The summed E-state index contributed by atoms with van der Waals surface area (Å²) in [5.41, 5.74) is 1.51. The highest BCUT2D eigenvalue weighted by Crippen LogP contribution is 2.39. The number of halogens is 1. The average Bonchev–Trinajstić information content (AvgIpc) is 3.31. The van der Waals surface area contributed by atoms with Crippen molar-refractivity contribution in [3.63, 3.8) is 0 Å². The normalized spacial score (nSPS) is 22.3. The van der Waals surface area contributed by atoms with Crippen LogP contribution in [0.1, 0.15) is 37.1 Å². The zero-order chi connectivity index (χ0) is 25.0. The van der Waals surface area contributed by atoms with Crippen LogP contribution in [-0.4, -0.2) is 39.0 Å². The number of nitrogens with zero attached hydrogens (tertiary/aromatic N) is 3. The van der Waals surface area contributed by atoms with Gasteiger partial charge in [0.25, 0.3) is 0 Å². The number of esters is 1. The lowest BCUT2D eigenvalue weighted by molar-refractivity contribution is -0.178. The Morgan fingerprint density at radius 3 is 2.60 bits per heavy atom. The largest absolute Gasteiger partial charge is 0.460 e. The third kappa shape index (κ3) is 5.60. The van der Waals surface area contributed by atoms with E-state index in [0.717, 1.165) is 21.3 Å². The van der Waals surface area contributed by atoms with E-state index < -0.39 is 23.6 Å². The number of hydrogen-bond acceptors (Lipinski definition) is 6. The van der Waals surface area contributed by atoms with Crippen molar-refractivity contribution in [3.8, 4) is 0 Å². The highest BCUT2D eigenvalue weighted by molar-refractivity contribution is 9.10. The summed E-state index contributed by atoms with van der Waals surface area (Å²) in [5, 5.41) is 8.48. The van der Waals surface area contributed by atoms with Gasteiger partial charge in [0.1, 0.15) is 6.61 Å². The van der Waals surface area contributed by atoms with Crippen molar-refractivity contribution in [2.75, 3.05) is 0 Å². The molecular weight excluding hydrogens is 510 g/mol. The molecule has 1 aromatic heterocycles. The lowest BCUT2D eigenvalue weighted by atomic mass is 9.72. The molecule has 182 valence electrons. The second-order valence-corrected chi connectivity index (χ2v) is 9.87. The molecule has 2 heterocycles. The van der Waals surface area contributed by atoms with Crippen molar-refractivity contribution in [1.29, 1.82) is 0 Å². The molecule has 0 bridgehead atoms. The van der Waals surface area contributed by atoms with Crippen LogP contribution in [0.25, 0.3) is 0 Å². The van der Waals surface area contributed by atoms with Crippen LogP contribution in [0.2, 0.25) is 0 Å². The number of aryl methyl sites for hydroxylation is 1. The van der Waals surface area contributed by atoms with Crippen LogP contribution >= 0.6 is 15.9 Å². The van der Waals surface area contributed by atoms with Gasteiger partial charge in [0.15, 0.2) is 11.2 Å². The summed E-state index contributed by atoms with van der Waals surface area (Å²) >= 11 is 3.44. The van der Waals surface area contributed by atoms with E-state index >= 15 is 0 Å². The van der Waals surface area contributed by atoms with E-state index in [2.05, 4.69) is 32.8 Å². The summed E-state index contributed by atoms with van der Waals surface area (Å²) in [6.45, 7) is 7.91. The number of ketones is 1. The molecule has 1 saturated heterocycles. The fraction of sp³-hybridized carbons (Fsp3) is 0.333. The maximum Gasteiger partial charge on any atom is 0.322 e. The highest BCUT2D eigenvalue weighted by atomic mass is 79.9. The molecule has 4 rings (SSSR count). The maximum atomic E-state index is 13.2. The SMILES string of the molecule is C=C1C(=O)[C@](C)(C(=O)OCc2ccccc2)[C@@H](CCc2cn(Cc3ccc(Br)cc3)nn2)O[C@H]1C. The second kappa shape index (κ2) is 10.7. The number of carbonyl (C=O) groups is 2. The quantitative estimate of drug-likeness (QED) is 0.235. The van der Waals surface area contributed by atoms with E-state index in [1.54, 1.807) is 18.5 Å². The average molecular weight is 538 g/mol. The number of rotatable bonds is 8. The zero-order valence-electron chi connectivity index (χ0n) is 19.8.